The first kappa shape index (κ1) is 17.2. The van der Waals surface area contributed by atoms with Crippen molar-refractivity contribution in [1.82, 2.24) is 10.2 Å². The number of carbonyl (C=O) groups is 2. The van der Waals surface area contributed by atoms with E-state index in [0.717, 1.165) is 0 Å². The number of benzene rings is 1. The number of nitrogens with zero attached hydrogens (tertiary/aromatic N) is 1. The zero-order chi connectivity index (χ0) is 16.0. The molecule has 116 valence electrons. The van der Waals surface area contributed by atoms with Gasteiger partial charge in [0.15, 0.2) is 0 Å². The normalized spacial score (nSPS) is 11.8. The third-order valence-electron chi connectivity index (χ3n) is 3.01. The zero-order valence-electron chi connectivity index (χ0n) is 11.9. The predicted molar refractivity (Wildman–Crippen MR) is 77.7 cm³/mol. The summed E-state index contributed by atoms with van der Waals surface area (Å²) in [7, 11) is 0. The lowest BCUT2D eigenvalue weighted by Gasteiger charge is -2.23. The Morgan fingerprint density at radius 1 is 1.48 bits per heavy atom. The molecule has 0 aliphatic heterocycles. The van der Waals surface area contributed by atoms with Crippen molar-refractivity contribution < 1.29 is 19.1 Å². The van der Waals surface area contributed by atoms with Gasteiger partial charge in [-0.25, -0.2) is 9.18 Å². The van der Waals surface area contributed by atoms with Crippen molar-refractivity contribution in [1.29, 1.82) is 0 Å². The number of urea groups is 1. The molecule has 0 radical (unpaired) electrons. The van der Waals surface area contributed by atoms with Crippen LogP contribution in [0.2, 0.25) is 5.02 Å². The van der Waals surface area contributed by atoms with Crippen LogP contribution in [0, 0.1) is 11.7 Å². The monoisotopic (exact) mass is 316 g/mol. The maximum Gasteiger partial charge on any atom is 0.317 e. The van der Waals surface area contributed by atoms with Crippen molar-refractivity contribution in [2.24, 2.45) is 5.92 Å². The van der Waals surface area contributed by atoms with Crippen LogP contribution < -0.4 is 5.32 Å². The average molecular weight is 317 g/mol. The molecule has 1 atom stereocenters. The number of carboxylic acid groups (broad SMARTS) is 1. The smallest absolute Gasteiger partial charge is 0.317 e. The summed E-state index contributed by atoms with van der Waals surface area (Å²) in [5.41, 5.74) is 0.664. The molecule has 0 fully saturated rings. The summed E-state index contributed by atoms with van der Waals surface area (Å²) in [4.78, 5) is 24.2. The minimum Gasteiger partial charge on any atom is -0.481 e. The first-order valence-corrected chi connectivity index (χ1v) is 6.92. The van der Waals surface area contributed by atoms with Gasteiger partial charge in [0.2, 0.25) is 0 Å². The molecule has 1 unspecified atom stereocenters. The van der Waals surface area contributed by atoms with Crippen molar-refractivity contribution in [2.75, 3.05) is 13.1 Å². The van der Waals surface area contributed by atoms with Gasteiger partial charge in [-0.1, -0.05) is 24.6 Å². The lowest BCUT2D eigenvalue weighted by molar-refractivity contribution is -0.141. The lowest BCUT2D eigenvalue weighted by atomic mass is 10.2. The van der Waals surface area contributed by atoms with E-state index in [0.29, 0.717) is 12.1 Å². The molecule has 2 N–H and O–H groups in total. The Balaban J connectivity index is 2.58. The fourth-order valence-electron chi connectivity index (χ4n) is 1.70. The molecule has 0 bridgehead atoms. The highest BCUT2D eigenvalue weighted by Crippen LogP contribution is 2.15. The van der Waals surface area contributed by atoms with Gasteiger partial charge in [-0.05, 0) is 24.6 Å². The van der Waals surface area contributed by atoms with Crippen molar-refractivity contribution in [2.45, 2.75) is 20.4 Å². The molecule has 0 heterocycles. The fraction of sp³-hybridized carbons (Fsp3) is 0.429. The van der Waals surface area contributed by atoms with Crippen molar-refractivity contribution in [3.63, 3.8) is 0 Å². The number of aliphatic carboxylic acids is 1. The molecule has 0 aliphatic carbocycles. The molecule has 1 rings (SSSR count). The third kappa shape index (κ3) is 5.23. The van der Waals surface area contributed by atoms with Crippen LogP contribution in [0.5, 0.6) is 0 Å². The van der Waals surface area contributed by atoms with E-state index in [1.54, 1.807) is 6.92 Å². The van der Waals surface area contributed by atoms with Gasteiger partial charge >= 0.3 is 12.0 Å². The number of halogens is 2. The minimum absolute atomic E-state index is 0.00593. The molecule has 0 saturated heterocycles. The number of carboxylic acids is 1. The zero-order valence-corrected chi connectivity index (χ0v) is 12.7. The van der Waals surface area contributed by atoms with Gasteiger partial charge in [-0.15, -0.1) is 0 Å². The summed E-state index contributed by atoms with van der Waals surface area (Å²) in [5, 5.41) is 11.5. The Hall–Kier alpha value is -1.82. The van der Waals surface area contributed by atoms with Crippen LogP contribution in [0.1, 0.15) is 19.4 Å². The first-order valence-electron chi connectivity index (χ1n) is 6.54. The molecule has 7 heteroatoms. The highest BCUT2D eigenvalue weighted by molar-refractivity contribution is 6.30. The van der Waals surface area contributed by atoms with Gasteiger partial charge in [0.05, 0.1) is 10.9 Å². The van der Waals surface area contributed by atoms with E-state index in [9.17, 15) is 14.0 Å². The van der Waals surface area contributed by atoms with Crippen LogP contribution >= 0.6 is 11.6 Å². The van der Waals surface area contributed by atoms with E-state index < -0.39 is 17.7 Å². The fourth-order valence-corrected chi connectivity index (χ4v) is 1.91. The van der Waals surface area contributed by atoms with Gasteiger partial charge in [-0.2, -0.15) is 0 Å². The van der Waals surface area contributed by atoms with Gasteiger partial charge in [0.1, 0.15) is 5.82 Å². The number of rotatable bonds is 6. The molecular weight excluding hydrogens is 299 g/mol. The minimum atomic E-state index is -0.952. The number of nitrogens with one attached hydrogen (secondary N) is 1. The predicted octanol–water partition coefficient (Wildman–Crippen LogP) is 2.73. The van der Waals surface area contributed by atoms with Crippen molar-refractivity contribution in [3.8, 4) is 0 Å². The van der Waals surface area contributed by atoms with Gasteiger partial charge < -0.3 is 15.3 Å². The van der Waals surface area contributed by atoms with Gasteiger partial charge in [0, 0.05) is 19.6 Å². The Kier molecular flexibility index (Phi) is 6.42. The maximum atomic E-state index is 13.0. The standard InChI is InChI=1S/C14H18ClFN2O3/c1-3-18(8-9(2)13(19)20)14(21)17-7-10-4-5-12(16)11(15)6-10/h4-6,9H,3,7-8H2,1-2H3,(H,17,21)(H,19,20). The second kappa shape index (κ2) is 7.83. The summed E-state index contributed by atoms with van der Waals surface area (Å²) in [6.07, 6.45) is 0. The third-order valence-corrected chi connectivity index (χ3v) is 3.30. The summed E-state index contributed by atoms with van der Waals surface area (Å²) in [6, 6.07) is 3.82. The quantitative estimate of drug-likeness (QED) is 0.848. The van der Waals surface area contributed by atoms with Crippen molar-refractivity contribution in [3.05, 3.63) is 34.6 Å². The Bertz CT molecular complexity index is 525. The van der Waals surface area contributed by atoms with Crippen LogP contribution in [0.4, 0.5) is 9.18 Å². The summed E-state index contributed by atoms with van der Waals surface area (Å²) >= 11 is 5.66. The highest BCUT2D eigenvalue weighted by Gasteiger charge is 2.19. The second-order valence-electron chi connectivity index (χ2n) is 4.69. The Morgan fingerprint density at radius 3 is 2.67 bits per heavy atom. The van der Waals surface area contributed by atoms with Crippen LogP contribution in [-0.2, 0) is 11.3 Å². The van der Waals surface area contributed by atoms with E-state index >= 15 is 0 Å². The second-order valence-corrected chi connectivity index (χ2v) is 5.09. The van der Waals surface area contributed by atoms with Crippen LogP contribution in [0.3, 0.4) is 0 Å². The molecule has 1 aromatic rings. The van der Waals surface area contributed by atoms with E-state index in [1.165, 1.54) is 30.0 Å². The molecular formula is C14H18ClFN2O3. The molecule has 1 aromatic carbocycles. The molecule has 0 aromatic heterocycles. The van der Waals surface area contributed by atoms with E-state index in [4.69, 9.17) is 16.7 Å². The van der Waals surface area contributed by atoms with Crippen LogP contribution in [0.25, 0.3) is 0 Å². The molecule has 0 spiro atoms. The Labute approximate surface area is 127 Å². The summed E-state index contributed by atoms with van der Waals surface area (Å²) in [5.74, 6) is -2.11. The van der Waals surface area contributed by atoms with Gasteiger partial charge in [-0.3, -0.25) is 4.79 Å². The molecule has 5 nitrogen and oxygen atoms in total. The first-order chi connectivity index (χ1) is 9.85. The summed E-state index contributed by atoms with van der Waals surface area (Å²) < 4.78 is 13.0. The number of hydrogen-bond acceptors (Lipinski definition) is 2. The topological polar surface area (TPSA) is 69.6 Å². The van der Waals surface area contributed by atoms with E-state index in [1.807, 2.05) is 0 Å². The van der Waals surface area contributed by atoms with E-state index in [2.05, 4.69) is 5.32 Å². The molecule has 0 saturated carbocycles. The Morgan fingerprint density at radius 2 is 2.14 bits per heavy atom. The molecule has 0 aliphatic rings. The van der Waals surface area contributed by atoms with Crippen LogP contribution in [-0.4, -0.2) is 35.1 Å². The molecule has 21 heavy (non-hydrogen) atoms. The number of hydrogen-bond donors (Lipinski definition) is 2. The van der Waals surface area contributed by atoms with Crippen molar-refractivity contribution >= 4 is 23.6 Å². The largest absolute Gasteiger partial charge is 0.481 e. The summed E-state index contributed by atoms with van der Waals surface area (Å²) in [6.45, 7) is 4.02. The molecule has 2 amide bonds. The van der Waals surface area contributed by atoms with Crippen LogP contribution in [0.15, 0.2) is 18.2 Å². The number of carbonyl (C=O) groups excluding carboxylic acids is 1. The lowest BCUT2D eigenvalue weighted by Crippen LogP contribution is -2.42. The SMILES string of the molecule is CCN(CC(C)C(=O)O)C(=O)NCc1ccc(F)c(Cl)c1. The van der Waals surface area contributed by atoms with E-state index in [-0.39, 0.29) is 24.1 Å². The highest BCUT2D eigenvalue weighted by atomic mass is 35.5. The average Bonchev–Trinajstić information content (AvgIpc) is 2.45. The number of amides is 2. The maximum absolute atomic E-state index is 13.0. The van der Waals surface area contributed by atoms with Gasteiger partial charge in [0.25, 0.3) is 0 Å².